The Bertz CT molecular complexity index is 902. The summed E-state index contributed by atoms with van der Waals surface area (Å²) in [6, 6.07) is 13.4. The zero-order valence-corrected chi connectivity index (χ0v) is 16.8. The van der Waals surface area contributed by atoms with Crippen LogP contribution in [0.2, 0.25) is 0 Å². The minimum atomic E-state index is -0.568. The van der Waals surface area contributed by atoms with E-state index < -0.39 is 5.91 Å². The standard InChI is InChI=1S/C23H27N3O3/c1-29-15-17-9-11-25(12-10-17)13-16-5-7-19(8-6-16)26-14-18-3-2-4-20(22(24)27)21(18)23(26)28/h2-8,17H,9-15H2,1H3,(H2,24,27). The Morgan fingerprint density at radius 1 is 1.14 bits per heavy atom. The molecule has 1 fully saturated rings. The Balaban J connectivity index is 1.42. The highest BCUT2D eigenvalue weighted by atomic mass is 16.5. The number of nitrogens with two attached hydrogens (primary N) is 1. The van der Waals surface area contributed by atoms with E-state index in [1.807, 2.05) is 18.2 Å². The second-order valence-electron chi connectivity index (χ2n) is 7.94. The van der Waals surface area contributed by atoms with Gasteiger partial charge in [0, 0.05) is 25.9 Å². The van der Waals surface area contributed by atoms with Gasteiger partial charge < -0.3 is 15.4 Å². The maximum absolute atomic E-state index is 12.9. The van der Waals surface area contributed by atoms with Crippen molar-refractivity contribution in [3.8, 4) is 0 Å². The number of primary amides is 1. The van der Waals surface area contributed by atoms with Gasteiger partial charge in [0.2, 0.25) is 5.91 Å². The number of carbonyl (C=O) groups is 2. The molecule has 6 nitrogen and oxygen atoms in total. The molecule has 0 bridgehead atoms. The molecule has 2 heterocycles. The lowest BCUT2D eigenvalue weighted by molar-refractivity contribution is 0.0966. The highest BCUT2D eigenvalue weighted by molar-refractivity contribution is 6.16. The molecular weight excluding hydrogens is 366 g/mol. The highest BCUT2D eigenvalue weighted by Gasteiger charge is 2.32. The van der Waals surface area contributed by atoms with Gasteiger partial charge in [0.05, 0.1) is 17.7 Å². The molecule has 0 aliphatic carbocycles. The molecule has 2 aliphatic rings. The van der Waals surface area contributed by atoms with Crippen molar-refractivity contribution in [2.75, 3.05) is 31.7 Å². The van der Waals surface area contributed by atoms with E-state index in [0.29, 0.717) is 23.6 Å². The average molecular weight is 393 g/mol. The van der Waals surface area contributed by atoms with Gasteiger partial charge in [-0.15, -0.1) is 0 Å². The first-order valence-corrected chi connectivity index (χ1v) is 10.1. The van der Waals surface area contributed by atoms with Crippen LogP contribution in [0.25, 0.3) is 0 Å². The summed E-state index contributed by atoms with van der Waals surface area (Å²) in [5.41, 5.74) is 9.09. The summed E-state index contributed by atoms with van der Waals surface area (Å²) in [4.78, 5) is 28.8. The van der Waals surface area contributed by atoms with Crippen molar-refractivity contribution in [3.05, 3.63) is 64.7 Å². The predicted molar refractivity (Wildman–Crippen MR) is 112 cm³/mol. The summed E-state index contributed by atoms with van der Waals surface area (Å²) in [6.45, 7) is 4.41. The Morgan fingerprint density at radius 2 is 1.86 bits per heavy atom. The summed E-state index contributed by atoms with van der Waals surface area (Å²) in [6.07, 6.45) is 2.35. The van der Waals surface area contributed by atoms with Crippen LogP contribution in [-0.4, -0.2) is 43.5 Å². The molecule has 6 heteroatoms. The lowest BCUT2D eigenvalue weighted by Gasteiger charge is -2.31. The molecule has 0 unspecified atom stereocenters. The third-order valence-corrected chi connectivity index (χ3v) is 5.97. The highest BCUT2D eigenvalue weighted by Crippen LogP contribution is 2.31. The summed E-state index contributed by atoms with van der Waals surface area (Å²) >= 11 is 0. The van der Waals surface area contributed by atoms with E-state index in [0.717, 1.165) is 37.5 Å². The number of benzene rings is 2. The van der Waals surface area contributed by atoms with E-state index in [1.165, 1.54) is 18.4 Å². The summed E-state index contributed by atoms with van der Waals surface area (Å²) < 4.78 is 5.27. The first kappa shape index (κ1) is 19.6. The zero-order chi connectivity index (χ0) is 20.4. The van der Waals surface area contributed by atoms with Gasteiger partial charge in [-0.3, -0.25) is 14.5 Å². The van der Waals surface area contributed by atoms with Crippen LogP contribution < -0.4 is 10.6 Å². The van der Waals surface area contributed by atoms with Crippen LogP contribution in [-0.2, 0) is 17.8 Å². The van der Waals surface area contributed by atoms with Crippen molar-refractivity contribution in [1.82, 2.24) is 4.90 Å². The number of rotatable bonds is 6. The van der Waals surface area contributed by atoms with Crippen molar-refractivity contribution in [1.29, 1.82) is 0 Å². The molecule has 2 aromatic carbocycles. The van der Waals surface area contributed by atoms with Gasteiger partial charge in [-0.25, -0.2) is 0 Å². The molecule has 29 heavy (non-hydrogen) atoms. The lowest BCUT2D eigenvalue weighted by Crippen LogP contribution is -2.34. The van der Waals surface area contributed by atoms with Crippen molar-refractivity contribution >= 4 is 17.5 Å². The number of fused-ring (bicyclic) bond motifs is 1. The topological polar surface area (TPSA) is 75.9 Å². The monoisotopic (exact) mass is 393 g/mol. The van der Waals surface area contributed by atoms with Crippen LogP contribution in [0, 0.1) is 5.92 Å². The van der Waals surface area contributed by atoms with E-state index in [4.69, 9.17) is 10.5 Å². The quantitative estimate of drug-likeness (QED) is 0.819. The minimum absolute atomic E-state index is 0.164. The molecule has 1 saturated heterocycles. The van der Waals surface area contributed by atoms with Gasteiger partial charge in [0.25, 0.3) is 5.91 Å². The van der Waals surface area contributed by atoms with Gasteiger partial charge in [-0.2, -0.15) is 0 Å². The van der Waals surface area contributed by atoms with E-state index in [-0.39, 0.29) is 5.91 Å². The van der Waals surface area contributed by atoms with Gasteiger partial charge in [0.1, 0.15) is 0 Å². The van der Waals surface area contributed by atoms with Gasteiger partial charge in [-0.05, 0) is 61.2 Å². The molecule has 0 atom stereocenters. The number of piperidine rings is 1. The van der Waals surface area contributed by atoms with E-state index >= 15 is 0 Å². The van der Waals surface area contributed by atoms with Crippen LogP contribution in [0.4, 0.5) is 5.69 Å². The first-order chi connectivity index (χ1) is 14.1. The zero-order valence-electron chi connectivity index (χ0n) is 16.8. The normalized spacial score (nSPS) is 17.6. The maximum atomic E-state index is 12.9. The molecule has 0 aromatic heterocycles. The summed E-state index contributed by atoms with van der Waals surface area (Å²) in [5, 5.41) is 0. The Kier molecular flexibility index (Phi) is 5.65. The number of nitrogens with zero attached hydrogens (tertiary/aromatic N) is 2. The molecular formula is C23H27N3O3. The molecule has 2 aromatic rings. The fourth-order valence-corrected chi connectivity index (χ4v) is 4.36. The van der Waals surface area contributed by atoms with Crippen LogP contribution in [0.3, 0.4) is 0 Å². The largest absolute Gasteiger partial charge is 0.384 e. The number of ether oxygens (including phenoxy) is 1. The fourth-order valence-electron chi connectivity index (χ4n) is 4.36. The number of hydrogen-bond donors (Lipinski definition) is 1. The summed E-state index contributed by atoms with van der Waals surface area (Å²) in [7, 11) is 1.77. The Labute approximate surface area is 171 Å². The summed E-state index contributed by atoms with van der Waals surface area (Å²) in [5.74, 6) is -0.0595. The van der Waals surface area contributed by atoms with Crippen LogP contribution in [0.1, 0.15) is 44.7 Å². The molecule has 152 valence electrons. The minimum Gasteiger partial charge on any atom is -0.384 e. The lowest BCUT2D eigenvalue weighted by atomic mass is 9.97. The Morgan fingerprint density at radius 3 is 2.52 bits per heavy atom. The molecule has 2 N–H and O–H groups in total. The fraction of sp³-hybridized carbons (Fsp3) is 0.391. The second-order valence-corrected chi connectivity index (χ2v) is 7.94. The number of anilines is 1. The maximum Gasteiger partial charge on any atom is 0.259 e. The van der Waals surface area contributed by atoms with Gasteiger partial charge >= 0.3 is 0 Å². The smallest absolute Gasteiger partial charge is 0.259 e. The molecule has 4 rings (SSSR count). The molecule has 2 aliphatic heterocycles. The number of methoxy groups -OCH3 is 1. The van der Waals surface area contributed by atoms with Gasteiger partial charge in [-0.1, -0.05) is 24.3 Å². The second kappa shape index (κ2) is 8.35. The van der Waals surface area contributed by atoms with E-state index in [9.17, 15) is 9.59 Å². The number of likely N-dealkylation sites (tertiary alicyclic amines) is 1. The number of hydrogen-bond acceptors (Lipinski definition) is 4. The van der Waals surface area contributed by atoms with Crippen molar-refractivity contribution in [2.24, 2.45) is 11.7 Å². The molecule has 0 radical (unpaired) electrons. The molecule has 0 saturated carbocycles. The Hall–Kier alpha value is -2.70. The van der Waals surface area contributed by atoms with Gasteiger partial charge in [0.15, 0.2) is 0 Å². The SMILES string of the molecule is COCC1CCN(Cc2ccc(N3Cc4cccc(C(N)=O)c4C3=O)cc2)CC1. The number of amides is 2. The van der Waals surface area contributed by atoms with E-state index in [2.05, 4.69) is 17.0 Å². The van der Waals surface area contributed by atoms with Crippen molar-refractivity contribution < 1.29 is 14.3 Å². The third-order valence-electron chi connectivity index (χ3n) is 5.97. The average Bonchev–Trinajstić information content (AvgIpc) is 3.07. The third kappa shape index (κ3) is 4.04. The first-order valence-electron chi connectivity index (χ1n) is 10.1. The molecule has 0 spiro atoms. The number of carbonyl (C=O) groups excluding carboxylic acids is 2. The van der Waals surface area contributed by atoms with Crippen molar-refractivity contribution in [2.45, 2.75) is 25.9 Å². The van der Waals surface area contributed by atoms with E-state index in [1.54, 1.807) is 24.1 Å². The van der Waals surface area contributed by atoms with Crippen LogP contribution in [0.15, 0.2) is 42.5 Å². The van der Waals surface area contributed by atoms with Crippen LogP contribution >= 0.6 is 0 Å². The van der Waals surface area contributed by atoms with Crippen LogP contribution in [0.5, 0.6) is 0 Å². The molecule has 2 amide bonds. The van der Waals surface area contributed by atoms with Crippen molar-refractivity contribution in [3.63, 3.8) is 0 Å². The predicted octanol–water partition coefficient (Wildman–Crippen LogP) is 2.80.